The van der Waals surface area contributed by atoms with Crippen molar-refractivity contribution in [1.29, 1.82) is 0 Å². The second kappa shape index (κ2) is 7.69. The van der Waals surface area contributed by atoms with Crippen molar-refractivity contribution in [2.75, 3.05) is 16.4 Å². The van der Waals surface area contributed by atoms with Crippen molar-refractivity contribution in [2.24, 2.45) is 0 Å². The highest BCUT2D eigenvalue weighted by atomic mass is 32.2. The summed E-state index contributed by atoms with van der Waals surface area (Å²) in [6.07, 6.45) is 1.97. The molecule has 0 bridgehead atoms. The Bertz CT molecular complexity index is 1080. The van der Waals surface area contributed by atoms with Crippen LogP contribution in [0.3, 0.4) is 0 Å². The number of hydrogen-bond donors (Lipinski definition) is 2. The van der Waals surface area contributed by atoms with Crippen LogP contribution in [-0.2, 0) is 11.2 Å². The second-order valence-electron chi connectivity index (χ2n) is 6.06. The lowest BCUT2D eigenvalue weighted by Gasteiger charge is -2.16. The van der Waals surface area contributed by atoms with E-state index in [1.54, 1.807) is 24.4 Å². The van der Waals surface area contributed by atoms with Crippen LogP contribution in [0.15, 0.2) is 47.5 Å². The standard InChI is InChI=1S/C19H13F2N3O2S2/c20-13-3-1-10(6-14(13)21)5-12-8-22-19(28-12)24-18(26)11-2-4-16-15(7-11)23-17(25)9-27-16/h1-4,6-8H,5,9H2,(H,23,25)(H,22,24,26). The summed E-state index contributed by atoms with van der Waals surface area (Å²) >= 11 is 2.68. The van der Waals surface area contributed by atoms with Crippen molar-refractivity contribution >= 4 is 45.7 Å². The number of halogens is 2. The Hall–Kier alpha value is -2.78. The number of thioether (sulfide) groups is 1. The molecule has 0 saturated carbocycles. The molecule has 2 aromatic carbocycles. The number of carbonyl (C=O) groups excluding carboxylic acids is 2. The highest BCUT2D eigenvalue weighted by Gasteiger charge is 2.18. The van der Waals surface area contributed by atoms with Crippen molar-refractivity contribution < 1.29 is 18.4 Å². The summed E-state index contributed by atoms with van der Waals surface area (Å²) in [6, 6.07) is 8.85. The fraction of sp³-hybridized carbons (Fsp3) is 0.105. The molecule has 5 nitrogen and oxygen atoms in total. The predicted molar refractivity (Wildman–Crippen MR) is 105 cm³/mol. The fourth-order valence-corrected chi connectivity index (χ4v) is 4.32. The van der Waals surface area contributed by atoms with Gasteiger partial charge in [0.05, 0.1) is 11.4 Å². The van der Waals surface area contributed by atoms with E-state index in [0.29, 0.717) is 34.1 Å². The van der Waals surface area contributed by atoms with Crippen LogP contribution in [0.25, 0.3) is 0 Å². The maximum absolute atomic E-state index is 13.3. The van der Waals surface area contributed by atoms with E-state index in [-0.39, 0.29) is 11.8 Å². The van der Waals surface area contributed by atoms with E-state index in [0.717, 1.165) is 21.9 Å². The third-order valence-electron chi connectivity index (χ3n) is 4.01. The van der Waals surface area contributed by atoms with E-state index < -0.39 is 11.6 Å². The Kier molecular flexibility index (Phi) is 5.10. The maximum atomic E-state index is 13.3. The lowest BCUT2D eigenvalue weighted by Crippen LogP contribution is -2.19. The quantitative estimate of drug-likeness (QED) is 0.664. The first-order chi connectivity index (χ1) is 13.5. The van der Waals surface area contributed by atoms with Gasteiger partial charge in [-0.3, -0.25) is 14.9 Å². The first-order valence-corrected chi connectivity index (χ1v) is 10.0. The zero-order valence-corrected chi connectivity index (χ0v) is 15.9. The number of anilines is 2. The van der Waals surface area contributed by atoms with Gasteiger partial charge in [0.15, 0.2) is 16.8 Å². The molecule has 0 fully saturated rings. The molecule has 1 aliphatic heterocycles. The summed E-state index contributed by atoms with van der Waals surface area (Å²) in [4.78, 5) is 29.9. The molecule has 2 amide bonds. The van der Waals surface area contributed by atoms with Crippen molar-refractivity contribution in [2.45, 2.75) is 11.3 Å². The largest absolute Gasteiger partial charge is 0.324 e. The van der Waals surface area contributed by atoms with Gasteiger partial charge in [-0.1, -0.05) is 6.07 Å². The van der Waals surface area contributed by atoms with Gasteiger partial charge in [-0.05, 0) is 35.9 Å². The van der Waals surface area contributed by atoms with Gasteiger partial charge in [0.25, 0.3) is 5.91 Å². The average molecular weight is 417 g/mol. The predicted octanol–water partition coefficient (Wildman–Crippen LogP) is 4.31. The van der Waals surface area contributed by atoms with E-state index in [1.165, 1.54) is 29.2 Å². The van der Waals surface area contributed by atoms with Gasteiger partial charge in [0.1, 0.15) is 0 Å². The molecule has 0 spiro atoms. The highest BCUT2D eigenvalue weighted by molar-refractivity contribution is 8.00. The molecule has 2 heterocycles. The Morgan fingerprint density at radius 3 is 2.86 bits per heavy atom. The van der Waals surface area contributed by atoms with Gasteiger partial charge in [0, 0.05) is 28.0 Å². The molecule has 0 radical (unpaired) electrons. The Labute approximate surface area is 167 Å². The number of amides is 2. The molecule has 1 aliphatic rings. The van der Waals surface area contributed by atoms with E-state index in [2.05, 4.69) is 15.6 Å². The van der Waals surface area contributed by atoms with Gasteiger partial charge >= 0.3 is 0 Å². The molecule has 0 unspecified atom stereocenters. The lowest BCUT2D eigenvalue weighted by molar-refractivity contribution is -0.113. The monoisotopic (exact) mass is 417 g/mol. The summed E-state index contributed by atoms with van der Waals surface area (Å²) in [7, 11) is 0. The summed E-state index contributed by atoms with van der Waals surface area (Å²) in [6.45, 7) is 0. The summed E-state index contributed by atoms with van der Waals surface area (Å²) in [5.74, 6) is -1.87. The highest BCUT2D eigenvalue weighted by Crippen LogP contribution is 2.32. The average Bonchev–Trinajstić information content (AvgIpc) is 3.10. The molecule has 0 aliphatic carbocycles. The zero-order chi connectivity index (χ0) is 19.7. The normalized spacial score (nSPS) is 13.0. The number of rotatable bonds is 4. The molecule has 3 aromatic rings. The van der Waals surface area contributed by atoms with Gasteiger partial charge in [-0.2, -0.15) is 0 Å². The van der Waals surface area contributed by atoms with Crippen LogP contribution in [0.2, 0.25) is 0 Å². The van der Waals surface area contributed by atoms with Crippen molar-refractivity contribution in [3.63, 3.8) is 0 Å². The molecule has 0 saturated heterocycles. The molecule has 0 atom stereocenters. The number of carbonyl (C=O) groups is 2. The Morgan fingerprint density at radius 1 is 1.18 bits per heavy atom. The third-order valence-corrected chi connectivity index (χ3v) is 6.00. The van der Waals surface area contributed by atoms with Crippen LogP contribution < -0.4 is 10.6 Å². The van der Waals surface area contributed by atoms with Crippen molar-refractivity contribution in [1.82, 2.24) is 4.98 Å². The van der Waals surface area contributed by atoms with Gasteiger partial charge in [0.2, 0.25) is 5.91 Å². The van der Waals surface area contributed by atoms with E-state index in [1.807, 2.05) is 0 Å². The summed E-state index contributed by atoms with van der Waals surface area (Å²) < 4.78 is 26.3. The molecule has 142 valence electrons. The summed E-state index contributed by atoms with van der Waals surface area (Å²) in [5.41, 5.74) is 1.63. The SMILES string of the molecule is O=C1CSc2ccc(C(=O)Nc3ncc(Cc4ccc(F)c(F)c4)s3)cc2N1. The van der Waals surface area contributed by atoms with E-state index in [4.69, 9.17) is 0 Å². The number of aromatic nitrogens is 1. The van der Waals surface area contributed by atoms with Crippen molar-refractivity contribution in [3.8, 4) is 0 Å². The number of nitrogens with zero attached hydrogens (tertiary/aromatic N) is 1. The minimum Gasteiger partial charge on any atom is -0.324 e. The summed E-state index contributed by atoms with van der Waals surface area (Å²) in [5, 5.41) is 5.87. The van der Waals surface area contributed by atoms with Crippen LogP contribution in [0.5, 0.6) is 0 Å². The zero-order valence-electron chi connectivity index (χ0n) is 14.3. The minimum atomic E-state index is -0.895. The van der Waals surface area contributed by atoms with Crippen LogP contribution in [0.4, 0.5) is 19.6 Å². The number of benzene rings is 2. The van der Waals surface area contributed by atoms with Crippen molar-refractivity contribution in [3.05, 3.63) is 70.2 Å². The Balaban J connectivity index is 1.45. The third kappa shape index (κ3) is 4.05. The molecule has 28 heavy (non-hydrogen) atoms. The van der Waals surface area contributed by atoms with Crippen LogP contribution in [0.1, 0.15) is 20.8 Å². The van der Waals surface area contributed by atoms with E-state index in [9.17, 15) is 18.4 Å². The molecular formula is C19H13F2N3O2S2. The van der Waals surface area contributed by atoms with Gasteiger partial charge < -0.3 is 5.32 Å². The lowest BCUT2D eigenvalue weighted by atomic mass is 10.1. The fourth-order valence-electron chi connectivity index (χ4n) is 2.69. The van der Waals surface area contributed by atoms with E-state index >= 15 is 0 Å². The maximum Gasteiger partial charge on any atom is 0.257 e. The number of fused-ring (bicyclic) bond motifs is 1. The number of nitrogens with one attached hydrogen (secondary N) is 2. The van der Waals surface area contributed by atoms with Gasteiger partial charge in [-0.15, -0.1) is 23.1 Å². The number of hydrogen-bond acceptors (Lipinski definition) is 5. The first-order valence-electron chi connectivity index (χ1n) is 8.24. The molecular weight excluding hydrogens is 404 g/mol. The first kappa shape index (κ1) is 18.6. The van der Waals surface area contributed by atoms with Crippen LogP contribution in [0, 0.1) is 11.6 Å². The number of thiazole rings is 1. The van der Waals surface area contributed by atoms with Gasteiger partial charge in [-0.25, -0.2) is 13.8 Å². The second-order valence-corrected chi connectivity index (χ2v) is 8.19. The Morgan fingerprint density at radius 2 is 2.04 bits per heavy atom. The smallest absolute Gasteiger partial charge is 0.257 e. The molecule has 2 N–H and O–H groups in total. The van der Waals surface area contributed by atoms with Crippen LogP contribution >= 0.6 is 23.1 Å². The molecule has 9 heteroatoms. The molecule has 4 rings (SSSR count). The topological polar surface area (TPSA) is 71.1 Å². The molecule has 1 aromatic heterocycles. The van der Waals surface area contributed by atoms with Crippen LogP contribution in [-0.4, -0.2) is 22.6 Å². The minimum absolute atomic E-state index is 0.100.